The van der Waals surface area contributed by atoms with Crippen LogP contribution < -0.4 is 10.0 Å². The number of nitrogens with one attached hydrogen (secondary N) is 2. The second kappa shape index (κ2) is 7.60. The van der Waals surface area contributed by atoms with Crippen LogP contribution in [-0.2, 0) is 10.0 Å². The summed E-state index contributed by atoms with van der Waals surface area (Å²) in [4.78, 5) is 20.1. The molecule has 28 heavy (non-hydrogen) atoms. The number of benzene rings is 1. The van der Waals surface area contributed by atoms with Crippen molar-refractivity contribution in [1.82, 2.24) is 14.7 Å². The van der Waals surface area contributed by atoms with Crippen LogP contribution in [0.1, 0.15) is 43.1 Å². The predicted octanol–water partition coefficient (Wildman–Crippen LogP) is 2.83. The van der Waals surface area contributed by atoms with Crippen molar-refractivity contribution in [3.8, 4) is 0 Å². The first-order valence-electron chi connectivity index (χ1n) is 9.62. The standard InChI is InChI=1S/C20H24N4O3S/c1-13(18-11-14-2-3-15(18)10-14)24-28(26,27)17-6-4-16(5-7-17)23-20(25)19-12-21-8-9-22-19/h4-9,12-15,18,24H,2-3,10-11H2,1H3,(H,23,25). The number of rotatable bonds is 6. The Morgan fingerprint density at radius 3 is 2.54 bits per heavy atom. The summed E-state index contributed by atoms with van der Waals surface area (Å²) < 4.78 is 28.3. The molecule has 2 aromatic rings. The lowest BCUT2D eigenvalue weighted by Gasteiger charge is -2.28. The smallest absolute Gasteiger partial charge is 0.275 e. The largest absolute Gasteiger partial charge is 0.321 e. The number of aromatic nitrogens is 2. The maximum atomic E-state index is 12.7. The van der Waals surface area contributed by atoms with Crippen LogP contribution in [-0.4, -0.2) is 30.3 Å². The molecule has 4 rings (SSSR count). The van der Waals surface area contributed by atoms with E-state index in [1.807, 2.05) is 6.92 Å². The number of anilines is 1. The van der Waals surface area contributed by atoms with E-state index in [0.717, 1.165) is 12.3 Å². The quantitative estimate of drug-likeness (QED) is 0.776. The third-order valence-corrected chi connectivity index (χ3v) is 7.57. The molecule has 8 heteroatoms. The van der Waals surface area contributed by atoms with Crippen LogP contribution >= 0.6 is 0 Å². The molecule has 0 spiro atoms. The van der Waals surface area contributed by atoms with E-state index in [2.05, 4.69) is 20.0 Å². The molecule has 0 aliphatic heterocycles. The van der Waals surface area contributed by atoms with Gasteiger partial charge in [-0.25, -0.2) is 18.1 Å². The van der Waals surface area contributed by atoms with Gasteiger partial charge in [-0.05, 0) is 68.2 Å². The Morgan fingerprint density at radius 2 is 1.93 bits per heavy atom. The summed E-state index contributed by atoms with van der Waals surface area (Å²) in [7, 11) is -3.60. The lowest BCUT2D eigenvalue weighted by atomic mass is 9.84. The van der Waals surface area contributed by atoms with Crippen molar-refractivity contribution in [2.24, 2.45) is 17.8 Å². The molecule has 2 aliphatic carbocycles. The lowest BCUT2D eigenvalue weighted by molar-refractivity contribution is 0.102. The van der Waals surface area contributed by atoms with E-state index in [1.165, 1.54) is 50.0 Å². The van der Waals surface area contributed by atoms with E-state index in [9.17, 15) is 13.2 Å². The summed E-state index contributed by atoms with van der Waals surface area (Å²) in [5.41, 5.74) is 0.691. The maximum absolute atomic E-state index is 12.7. The Kier molecular flexibility index (Phi) is 5.16. The van der Waals surface area contributed by atoms with E-state index in [1.54, 1.807) is 12.1 Å². The molecule has 4 atom stereocenters. The molecule has 1 aromatic heterocycles. The number of sulfonamides is 1. The van der Waals surface area contributed by atoms with Gasteiger partial charge in [-0.3, -0.25) is 9.78 Å². The zero-order chi connectivity index (χ0) is 19.7. The van der Waals surface area contributed by atoms with Crippen LogP contribution in [0.15, 0.2) is 47.8 Å². The molecule has 2 bridgehead atoms. The fourth-order valence-electron chi connectivity index (χ4n) is 4.64. The second-order valence-electron chi connectivity index (χ2n) is 7.82. The highest BCUT2D eigenvalue weighted by Gasteiger charge is 2.42. The fraction of sp³-hybridized carbons (Fsp3) is 0.450. The zero-order valence-electron chi connectivity index (χ0n) is 15.7. The van der Waals surface area contributed by atoms with Crippen LogP contribution in [0.2, 0.25) is 0 Å². The fourth-order valence-corrected chi connectivity index (χ4v) is 5.93. The van der Waals surface area contributed by atoms with Crippen molar-refractivity contribution in [3.05, 3.63) is 48.5 Å². The first kappa shape index (κ1) is 19.0. The molecule has 148 valence electrons. The van der Waals surface area contributed by atoms with Crippen LogP contribution in [0, 0.1) is 17.8 Å². The predicted molar refractivity (Wildman–Crippen MR) is 105 cm³/mol. The van der Waals surface area contributed by atoms with Crippen molar-refractivity contribution in [2.75, 3.05) is 5.32 Å². The molecule has 0 saturated heterocycles. The molecular formula is C20H24N4O3S. The summed E-state index contributed by atoms with van der Waals surface area (Å²) >= 11 is 0. The molecule has 1 aromatic carbocycles. The van der Waals surface area contributed by atoms with Crippen LogP contribution in [0.25, 0.3) is 0 Å². The van der Waals surface area contributed by atoms with Crippen molar-refractivity contribution < 1.29 is 13.2 Å². The van der Waals surface area contributed by atoms with Gasteiger partial charge in [-0.1, -0.05) is 6.42 Å². The number of hydrogen-bond acceptors (Lipinski definition) is 5. The molecular weight excluding hydrogens is 376 g/mol. The zero-order valence-corrected chi connectivity index (χ0v) is 16.5. The van der Waals surface area contributed by atoms with Crippen molar-refractivity contribution in [1.29, 1.82) is 0 Å². The number of hydrogen-bond donors (Lipinski definition) is 2. The third kappa shape index (κ3) is 3.93. The maximum Gasteiger partial charge on any atom is 0.275 e. The number of amides is 1. The summed E-state index contributed by atoms with van der Waals surface area (Å²) in [5, 5.41) is 2.68. The topological polar surface area (TPSA) is 101 Å². The number of carbonyl (C=O) groups is 1. The van der Waals surface area contributed by atoms with Crippen LogP contribution in [0.3, 0.4) is 0 Å². The minimum Gasteiger partial charge on any atom is -0.321 e. The highest BCUT2D eigenvalue weighted by molar-refractivity contribution is 7.89. The Morgan fingerprint density at radius 1 is 1.14 bits per heavy atom. The average Bonchev–Trinajstić information content (AvgIpc) is 3.32. The summed E-state index contributed by atoms with van der Waals surface area (Å²) in [6, 6.07) is 6.08. The average molecular weight is 401 g/mol. The normalized spacial score (nSPS) is 24.8. The molecule has 0 radical (unpaired) electrons. The Bertz CT molecular complexity index is 947. The van der Waals surface area contributed by atoms with Gasteiger partial charge in [0, 0.05) is 24.1 Å². The van der Waals surface area contributed by atoms with Crippen molar-refractivity contribution in [3.63, 3.8) is 0 Å². The Balaban J connectivity index is 1.40. The van der Waals surface area contributed by atoms with Gasteiger partial charge in [-0.2, -0.15) is 0 Å². The lowest BCUT2D eigenvalue weighted by Crippen LogP contribution is -2.40. The Hall–Kier alpha value is -2.32. The van der Waals surface area contributed by atoms with Crippen LogP contribution in [0.5, 0.6) is 0 Å². The molecule has 2 N–H and O–H groups in total. The number of fused-ring (bicyclic) bond motifs is 2. The van der Waals surface area contributed by atoms with Gasteiger partial charge in [-0.15, -0.1) is 0 Å². The number of nitrogens with zero attached hydrogens (tertiary/aromatic N) is 2. The van der Waals surface area contributed by atoms with E-state index < -0.39 is 15.9 Å². The SMILES string of the molecule is CC(NS(=O)(=O)c1ccc(NC(=O)c2cnccn2)cc1)C1CC2CCC1C2. The van der Waals surface area contributed by atoms with Crippen molar-refractivity contribution >= 4 is 21.6 Å². The monoisotopic (exact) mass is 400 g/mol. The molecule has 2 aliphatic rings. The molecule has 7 nitrogen and oxygen atoms in total. The van der Waals surface area contributed by atoms with Gasteiger partial charge in [0.25, 0.3) is 5.91 Å². The van der Waals surface area contributed by atoms with Crippen molar-refractivity contribution in [2.45, 2.75) is 43.5 Å². The van der Waals surface area contributed by atoms with E-state index >= 15 is 0 Å². The highest BCUT2D eigenvalue weighted by atomic mass is 32.2. The van der Waals surface area contributed by atoms with Gasteiger partial charge in [0.2, 0.25) is 10.0 Å². The van der Waals surface area contributed by atoms with Gasteiger partial charge in [0.15, 0.2) is 0 Å². The summed E-state index contributed by atoms with van der Waals surface area (Å²) in [6.07, 6.45) is 9.19. The molecule has 4 unspecified atom stereocenters. The first-order chi connectivity index (χ1) is 13.4. The van der Waals surface area contributed by atoms with E-state index in [-0.39, 0.29) is 16.6 Å². The van der Waals surface area contributed by atoms with E-state index in [0.29, 0.717) is 17.5 Å². The van der Waals surface area contributed by atoms with Gasteiger partial charge < -0.3 is 5.32 Å². The summed E-state index contributed by atoms with van der Waals surface area (Å²) in [6.45, 7) is 1.97. The third-order valence-electron chi connectivity index (χ3n) is 5.99. The molecule has 2 saturated carbocycles. The second-order valence-corrected chi connectivity index (χ2v) is 9.53. The molecule has 1 heterocycles. The minimum absolute atomic E-state index is 0.0728. The van der Waals surface area contributed by atoms with Gasteiger partial charge >= 0.3 is 0 Å². The van der Waals surface area contributed by atoms with Crippen LogP contribution in [0.4, 0.5) is 5.69 Å². The highest BCUT2D eigenvalue weighted by Crippen LogP contribution is 2.49. The van der Waals surface area contributed by atoms with E-state index in [4.69, 9.17) is 0 Å². The Labute approximate surface area is 165 Å². The molecule has 1 amide bonds. The minimum atomic E-state index is -3.60. The first-order valence-corrected chi connectivity index (χ1v) is 11.1. The number of carbonyl (C=O) groups excluding carboxylic acids is 1. The summed E-state index contributed by atoms with van der Waals surface area (Å²) in [5.74, 6) is 1.46. The molecule has 2 fully saturated rings. The van der Waals surface area contributed by atoms with Gasteiger partial charge in [0.05, 0.1) is 11.1 Å². The van der Waals surface area contributed by atoms with Gasteiger partial charge in [0.1, 0.15) is 5.69 Å².